The number of aryl methyl sites for hydroxylation is 1. The van der Waals surface area contributed by atoms with Crippen LogP contribution in [0.2, 0.25) is 0 Å². The fraction of sp³-hybridized carbons (Fsp3) is 0.368. The van der Waals surface area contributed by atoms with Crippen molar-refractivity contribution in [3.05, 3.63) is 54.1 Å². The first-order chi connectivity index (χ1) is 12.0. The fourth-order valence-electron chi connectivity index (χ4n) is 3.13. The SMILES string of the molecule is Cc1ccc(S(=O)(=O)Nc2cccc(N(C)C3CCNCC3)c2)cc1. The lowest BCUT2D eigenvalue weighted by atomic mass is 10.0. The number of benzene rings is 2. The van der Waals surface area contributed by atoms with Crippen LogP contribution in [-0.2, 0) is 10.0 Å². The summed E-state index contributed by atoms with van der Waals surface area (Å²) in [5.41, 5.74) is 2.64. The average molecular weight is 359 g/mol. The first kappa shape index (κ1) is 17.8. The zero-order valence-corrected chi connectivity index (χ0v) is 15.5. The summed E-state index contributed by atoms with van der Waals surface area (Å²) in [5.74, 6) is 0. The van der Waals surface area contributed by atoms with Gasteiger partial charge in [-0.25, -0.2) is 8.42 Å². The van der Waals surface area contributed by atoms with Gasteiger partial charge in [-0.05, 0) is 63.2 Å². The van der Waals surface area contributed by atoms with Crippen molar-refractivity contribution >= 4 is 21.4 Å². The molecule has 0 amide bonds. The van der Waals surface area contributed by atoms with E-state index in [-0.39, 0.29) is 4.90 Å². The molecule has 0 aliphatic carbocycles. The Morgan fingerprint density at radius 1 is 1.08 bits per heavy atom. The lowest BCUT2D eigenvalue weighted by Gasteiger charge is -2.33. The molecule has 1 heterocycles. The molecular weight excluding hydrogens is 334 g/mol. The highest BCUT2D eigenvalue weighted by atomic mass is 32.2. The molecule has 0 unspecified atom stereocenters. The Balaban J connectivity index is 1.78. The van der Waals surface area contributed by atoms with Crippen LogP contribution in [0.1, 0.15) is 18.4 Å². The number of anilines is 2. The van der Waals surface area contributed by atoms with Crippen LogP contribution >= 0.6 is 0 Å². The summed E-state index contributed by atoms with van der Waals surface area (Å²) in [6.07, 6.45) is 2.19. The Bertz CT molecular complexity index is 813. The van der Waals surface area contributed by atoms with E-state index < -0.39 is 10.0 Å². The van der Waals surface area contributed by atoms with Crippen LogP contribution in [0.4, 0.5) is 11.4 Å². The fourth-order valence-corrected chi connectivity index (χ4v) is 4.17. The van der Waals surface area contributed by atoms with E-state index in [1.807, 2.05) is 25.1 Å². The maximum absolute atomic E-state index is 12.6. The summed E-state index contributed by atoms with van der Waals surface area (Å²) in [4.78, 5) is 2.51. The van der Waals surface area contributed by atoms with E-state index in [0.29, 0.717) is 11.7 Å². The zero-order chi connectivity index (χ0) is 17.9. The molecule has 0 radical (unpaired) electrons. The van der Waals surface area contributed by atoms with E-state index in [1.165, 1.54) is 0 Å². The third kappa shape index (κ3) is 4.32. The molecule has 2 aromatic rings. The van der Waals surface area contributed by atoms with E-state index in [1.54, 1.807) is 30.3 Å². The first-order valence-corrected chi connectivity index (χ1v) is 10.1. The van der Waals surface area contributed by atoms with E-state index >= 15 is 0 Å². The Morgan fingerprint density at radius 2 is 1.76 bits per heavy atom. The monoisotopic (exact) mass is 359 g/mol. The van der Waals surface area contributed by atoms with Crippen LogP contribution in [0.3, 0.4) is 0 Å². The Labute approximate surface area is 150 Å². The van der Waals surface area contributed by atoms with Crippen molar-refractivity contribution in [1.82, 2.24) is 5.32 Å². The Morgan fingerprint density at radius 3 is 2.44 bits per heavy atom. The van der Waals surface area contributed by atoms with Gasteiger partial charge >= 0.3 is 0 Å². The smallest absolute Gasteiger partial charge is 0.261 e. The second-order valence-corrected chi connectivity index (χ2v) is 8.24. The predicted molar refractivity (Wildman–Crippen MR) is 103 cm³/mol. The van der Waals surface area contributed by atoms with E-state index in [2.05, 4.69) is 22.0 Å². The first-order valence-electron chi connectivity index (χ1n) is 8.59. The summed E-state index contributed by atoms with van der Waals surface area (Å²) < 4.78 is 27.8. The molecule has 25 heavy (non-hydrogen) atoms. The minimum absolute atomic E-state index is 0.273. The molecule has 1 aliphatic heterocycles. The van der Waals surface area contributed by atoms with Crippen molar-refractivity contribution in [2.75, 3.05) is 29.8 Å². The van der Waals surface area contributed by atoms with Gasteiger partial charge in [-0.1, -0.05) is 23.8 Å². The van der Waals surface area contributed by atoms with Crippen molar-refractivity contribution in [2.24, 2.45) is 0 Å². The zero-order valence-electron chi connectivity index (χ0n) is 14.7. The molecule has 6 heteroatoms. The highest BCUT2D eigenvalue weighted by Gasteiger charge is 2.19. The van der Waals surface area contributed by atoms with Gasteiger partial charge in [0.1, 0.15) is 0 Å². The molecular formula is C19H25N3O2S. The highest BCUT2D eigenvalue weighted by molar-refractivity contribution is 7.92. The summed E-state index contributed by atoms with van der Waals surface area (Å²) in [7, 11) is -1.50. The molecule has 0 aromatic heterocycles. The number of rotatable bonds is 5. The van der Waals surface area contributed by atoms with Crippen LogP contribution < -0.4 is 14.9 Å². The van der Waals surface area contributed by atoms with Gasteiger partial charge in [0.2, 0.25) is 0 Å². The van der Waals surface area contributed by atoms with Gasteiger partial charge in [0, 0.05) is 18.8 Å². The maximum Gasteiger partial charge on any atom is 0.261 e. The van der Waals surface area contributed by atoms with Crippen LogP contribution in [0.5, 0.6) is 0 Å². The summed E-state index contributed by atoms with van der Waals surface area (Å²) in [5, 5.41) is 3.37. The predicted octanol–water partition coefficient (Wildman–Crippen LogP) is 2.98. The molecule has 0 bridgehead atoms. The standard InChI is InChI=1S/C19H25N3O2S/c1-15-6-8-19(9-7-15)25(23,24)21-16-4-3-5-18(14-16)22(2)17-10-12-20-13-11-17/h3-9,14,17,20-21H,10-13H2,1-2H3. The number of nitrogens with one attached hydrogen (secondary N) is 2. The Hall–Kier alpha value is -2.05. The van der Waals surface area contributed by atoms with Crippen LogP contribution in [0, 0.1) is 6.92 Å². The second kappa shape index (κ2) is 7.45. The number of hydrogen-bond acceptors (Lipinski definition) is 4. The third-order valence-electron chi connectivity index (χ3n) is 4.69. The van der Waals surface area contributed by atoms with Gasteiger partial charge in [-0.15, -0.1) is 0 Å². The largest absolute Gasteiger partial charge is 0.371 e. The van der Waals surface area contributed by atoms with E-state index in [9.17, 15) is 8.42 Å². The molecule has 0 saturated carbocycles. The molecule has 1 fully saturated rings. The van der Waals surface area contributed by atoms with E-state index in [0.717, 1.165) is 37.2 Å². The van der Waals surface area contributed by atoms with E-state index in [4.69, 9.17) is 0 Å². The number of sulfonamides is 1. The molecule has 1 saturated heterocycles. The van der Waals surface area contributed by atoms with Crippen LogP contribution in [0.25, 0.3) is 0 Å². The van der Waals surface area contributed by atoms with Gasteiger partial charge in [0.05, 0.1) is 10.6 Å². The third-order valence-corrected chi connectivity index (χ3v) is 6.09. The van der Waals surface area contributed by atoms with Crippen LogP contribution in [-0.4, -0.2) is 34.6 Å². The second-order valence-electron chi connectivity index (χ2n) is 6.56. The number of piperidine rings is 1. The van der Waals surface area contributed by atoms with Gasteiger partial charge in [0.15, 0.2) is 0 Å². The minimum Gasteiger partial charge on any atom is -0.371 e. The normalized spacial score (nSPS) is 15.8. The van der Waals surface area contributed by atoms with Crippen molar-refractivity contribution in [1.29, 1.82) is 0 Å². The van der Waals surface area contributed by atoms with Crippen molar-refractivity contribution in [3.8, 4) is 0 Å². The van der Waals surface area contributed by atoms with Gasteiger partial charge in [-0.2, -0.15) is 0 Å². The minimum atomic E-state index is -3.58. The van der Waals surface area contributed by atoms with Gasteiger partial charge < -0.3 is 10.2 Å². The van der Waals surface area contributed by atoms with Crippen molar-refractivity contribution < 1.29 is 8.42 Å². The average Bonchev–Trinajstić information content (AvgIpc) is 2.62. The lowest BCUT2D eigenvalue weighted by molar-refractivity contribution is 0.443. The summed E-state index contributed by atoms with van der Waals surface area (Å²) in [6.45, 7) is 3.98. The molecule has 5 nitrogen and oxygen atoms in total. The van der Waals surface area contributed by atoms with Crippen LogP contribution in [0.15, 0.2) is 53.4 Å². The molecule has 2 aromatic carbocycles. The lowest BCUT2D eigenvalue weighted by Crippen LogP contribution is -2.41. The molecule has 2 N–H and O–H groups in total. The molecule has 134 valence electrons. The highest BCUT2D eigenvalue weighted by Crippen LogP contribution is 2.25. The Kier molecular flexibility index (Phi) is 5.30. The molecule has 0 atom stereocenters. The molecule has 0 spiro atoms. The van der Waals surface area contributed by atoms with Gasteiger partial charge in [0.25, 0.3) is 10.0 Å². The quantitative estimate of drug-likeness (QED) is 0.862. The maximum atomic E-state index is 12.6. The number of nitrogens with zero attached hydrogens (tertiary/aromatic N) is 1. The summed E-state index contributed by atoms with van der Waals surface area (Å²) >= 11 is 0. The van der Waals surface area contributed by atoms with Crippen molar-refractivity contribution in [3.63, 3.8) is 0 Å². The molecule has 1 aliphatic rings. The topological polar surface area (TPSA) is 61.4 Å². The van der Waals surface area contributed by atoms with Crippen molar-refractivity contribution in [2.45, 2.75) is 30.7 Å². The van der Waals surface area contributed by atoms with Gasteiger partial charge in [-0.3, -0.25) is 4.72 Å². The summed E-state index contributed by atoms with van der Waals surface area (Å²) in [6, 6.07) is 14.9. The molecule has 3 rings (SSSR count). The number of hydrogen-bond donors (Lipinski definition) is 2.